The molecule has 2 aliphatic heterocycles. The standard InChI is InChI=1S/C35H43BFN3O4/c1-33(2,3)42-32(41)40-19-24(37)17-28(40)31-38-18-27(39-31)21-10-8-20(9-11-21)25-14-15-26(30-23-13-12-22(16-23)29(25)30)36-43-34(4,5)35(6,7)44-36/h8-11,14-15,18,22-24,28H,12-13,16-17,19H2,1-7H3,(H,38,39)/t22?,23?,24-,28-/m0/s1. The van der Waals surface area contributed by atoms with Crippen LogP contribution in [0.1, 0.15) is 109 Å². The Kier molecular flexibility index (Phi) is 6.83. The third-order valence-electron chi connectivity index (χ3n) is 10.4. The highest BCUT2D eigenvalue weighted by Gasteiger charge is 2.54. The van der Waals surface area contributed by atoms with Crippen LogP contribution in [0.25, 0.3) is 22.4 Å². The monoisotopic (exact) mass is 599 g/mol. The maximum atomic E-state index is 14.5. The molecule has 9 heteroatoms. The minimum atomic E-state index is -1.12. The first kappa shape index (κ1) is 29.5. The summed E-state index contributed by atoms with van der Waals surface area (Å²) in [7, 11) is -0.349. The fourth-order valence-corrected chi connectivity index (χ4v) is 7.53. The average Bonchev–Trinajstić information content (AvgIpc) is 3.76. The molecule has 232 valence electrons. The zero-order valence-electron chi connectivity index (χ0n) is 26.9. The second-order valence-corrected chi connectivity index (χ2v) is 15.1. The smallest absolute Gasteiger partial charge is 0.444 e. The third kappa shape index (κ3) is 4.96. The molecule has 7 rings (SSSR count). The van der Waals surface area contributed by atoms with Gasteiger partial charge in [0, 0.05) is 6.42 Å². The summed E-state index contributed by atoms with van der Waals surface area (Å²) in [6.45, 7) is 13.9. The number of alkyl halides is 1. The van der Waals surface area contributed by atoms with Crippen molar-refractivity contribution in [2.45, 2.75) is 115 Å². The minimum absolute atomic E-state index is 0.00376. The molecule has 2 bridgehead atoms. The molecular formula is C35H43BFN3O4. The van der Waals surface area contributed by atoms with Crippen molar-refractivity contribution >= 4 is 18.7 Å². The van der Waals surface area contributed by atoms with E-state index < -0.39 is 23.9 Å². The number of imidazole rings is 1. The fraction of sp³-hybridized carbons (Fsp3) is 0.543. The van der Waals surface area contributed by atoms with Gasteiger partial charge in [0.1, 0.15) is 17.6 Å². The van der Waals surface area contributed by atoms with Crippen molar-refractivity contribution in [3.8, 4) is 22.4 Å². The first-order valence-corrected chi connectivity index (χ1v) is 16.0. The van der Waals surface area contributed by atoms with Gasteiger partial charge in [0.2, 0.25) is 0 Å². The summed E-state index contributed by atoms with van der Waals surface area (Å²) in [5.41, 5.74) is 6.99. The van der Waals surface area contributed by atoms with Gasteiger partial charge in [-0.1, -0.05) is 36.4 Å². The van der Waals surface area contributed by atoms with E-state index in [0.717, 1.165) is 11.3 Å². The first-order valence-electron chi connectivity index (χ1n) is 16.0. The summed E-state index contributed by atoms with van der Waals surface area (Å²) < 4.78 is 33.0. The zero-order chi connectivity index (χ0) is 31.2. The molecule has 4 atom stereocenters. The van der Waals surface area contributed by atoms with Crippen LogP contribution in [-0.2, 0) is 14.0 Å². The van der Waals surface area contributed by atoms with Crippen LogP contribution < -0.4 is 5.46 Å². The molecule has 2 aromatic carbocycles. The molecule has 1 saturated carbocycles. The van der Waals surface area contributed by atoms with Gasteiger partial charge in [-0.3, -0.25) is 4.90 Å². The molecule has 2 saturated heterocycles. The first-order chi connectivity index (χ1) is 20.7. The van der Waals surface area contributed by atoms with Crippen LogP contribution in [0.3, 0.4) is 0 Å². The molecular weight excluding hydrogens is 556 g/mol. The molecule has 3 fully saturated rings. The van der Waals surface area contributed by atoms with E-state index in [4.69, 9.17) is 14.0 Å². The number of H-pyrrole nitrogens is 1. The highest BCUT2D eigenvalue weighted by molar-refractivity contribution is 6.62. The SMILES string of the molecule is CC(C)(C)OC(=O)N1C[C@@H](F)C[C@H]1c1ncc(-c2ccc(-c3ccc(B4OC(C)(C)C(C)(C)O4)c4c3C3CCC4C3)cc2)[nH]1. The summed E-state index contributed by atoms with van der Waals surface area (Å²) in [4.78, 5) is 22.2. The van der Waals surface area contributed by atoms with Crippen molar-refractivity contribution in [1.29, 1.82) is 0 Å². The molecule has 2 unspecified atom stereocenters. The minimum Gasteiger partial charge on any atom is -0.444 e. The third-order valence-corrected chi connectivity index (χ3v) is 10.4. The molecule has 1 N–H and O–H groups in total. The second-order valence-electron chi connectivity index (χ2n) is 15.1. The predicted octanol–water partition coefficient (Wildman–Crippen LogP) is 7.43. The number of aromatic nitrogens is 2. The maximum absolute atomic E-state index is 14.5. The summed E-state index contributed by atoms with van der Waals surface area (Å²) >= 11 is 0. The van der Waals surface area contributed by atoms with Crippen LogP contribution in [-0.4, -0.2) is 57.6 Å². The Hall–Kier alpha value is -3.17. The van der Waals surface area contributed by atoms with Gasteiger partial charge in [-0.25, -0.2) is 14.2 Å². The molecule has 1 amide bonds. The number of fused-ring (bicyclic) bond motifs is 5. The van der Waals surface area contributed by atoms with Gasteiger partial charge in [-0.15, -0.1) is 0 Å². The van der Waals surface area contributed by atoms with Crippen molar-refractivity contribution in [1.82, 2.24) is 14.9 Å². The van der Waals surface area contributed by atoms with Crippen molar-refractivity contribution < 1.29 is 23.2 Å². The number of hydrogen-bond acceptors (Lipinski definition) is 5. The average molecular weight is 600 g/mol. The van der Waals surface area contributed by atoms with Crippen molar-refractivity contribution in [3.63, 3.8) is 0 Å². The summed E-state index contributed by atoms with van der Waals surface area (Å²) in [5.74, 6) is 1.70. The number of halogens is 1. The highest BCUT2D eigenvalue weighted by atomic mass is 19.1. The Bertz CT molecular complexity index is 1580. The van der Waals surface area contributed by atoms with Gasteiger partial charge in [0.25, 0.3) is 0 Å². The fourth-order valence-electron chi connectivity index (χ4n) is 7.53. The van der Waals surface area contributed by atoms with E-state index in [9.17, 15) is 9.18 Å². The number of benzene rings is 2. The largest absolute Gasteiger partial charge is 0.495 e. The molecule has 3 heterocycles. The summed E-state index contributed by atoms with van der Waals surface area (Å²) in [6.07, 6.45) is 3.98. The van der Waals surface area contributed by atoms with E-state index in [-0.39, 0.29) is 31.3 Å². The lowest BCUT2D eigenvalue weighted by Gasteiger charge is -2.32. The molecule has 3 aromatic rings. The number of nitrogens with one attached hydrogen (secondary N) is 1. The number of ether oxygens (including phenoxy) is 1. The van der Waals surface area contributed by atoms with E-state index >= 15 is 0 Å². The molecule has 7 nitrogen and oxygen atoms in total. The normalized spacial score (nSPS) is 26.8. The van der Waals surface area contributed by atoms with Gasteiger partial charge in [0.05, 0.1) is 35.7 Å². The number of aromatic amines is 1. The van der Waals surface area contributed by atoms with Crippen LogP contribution in [0, 0.1) is 0 Å². The summed E-state index contributed by atoms with van der Waals surface area (Å²) in [6, 6.07) is 12.5. The number of carbonyl (C=O) groups excluding carboxylic acids is 1. The van der Waals surface area contributed by atoms with Gasteiger partial charge in [-0.2, -0.15) is 0 Å². The lowest BCUT2D eigenvalue weighted by Crippen LogP contribution is -2.41. The van der Waals surface area contributed by atoms with Crippen LogP contribution in [0.15, 0.2) is 42.6 Å². The molecule has 44 heavy (non-hydrogen) atoms. The van der Waals surface area contributed by atoms with Gasteiger partial charge >= 0.3 is 13.2 Å². The van der Waals surface area contributed by atoms with Gasteiger partial charge in [0.15, 0.2) is 0 Å². The van der Waals surface area contributed by atoms with E-state index in [2.05, 4.69) is 74.1 Å². The van der Waals surface area contributed by atoms with Crippen LogP contribution in [0.2, 0.25) is 0 Å². The van der Waals surface area contributed by atoms with Crippen molar-refractivity contribution in [2.75, 3.05) is 6.54 Å². The van der Waals surface area contributed by atoms with Crippen molar-refractivity contribution in [2.24, 2.45) is 0 Å². The van der Waals surface area contributed by atoms with E-state index in [1.165, 1.54) is 51.9 Å². The number of amides is 1. The number of carbonyl (C=O) groups is 1. The van der Waals surface area contributed by atoms with Gasteiger partial charge in [-0.05, 0) is 113 Å². The molecule has 4 aliphatic rings. The summed E-state index contributed by atoms with van der Waals surface area (Å²) in [5, 5.41) is 0. The molecule has 1 aromatic heterocycles. The van der Waals surface area contributed by atoms with Crippen LogP contribution in [0.4, 0.5) is 9.18 Å². The molecule has 2 aliphatic carbocycles. The lowest BCUT2D eigenvalue weighted by molar-refractivity contribution is 0.00578. The lowest BCUT2D eigenvalue weighted by atomic mass is 9.70. The van der Waals surface area contributed by atoms with E-state index in [1.54, 1.807) is 6.20 Å². The number of hydrogen-bond donors (Lipinski definition) is 1. The maximum Gasteiger partial charge on any atom is 0.495 e. The Labute approximate surface area is 260 Å². The van der Waals surface area contributed by atoms with Gasteiger partial charge < -0.3 is 19.0 Å². The van der Waals surface area contributed by atoms with E-state index in [0.29, 0.717) is 17.7 Å². The second kappa shape index (κ2) is 10.2. The zero-order valence-corrected chi connectivity index (χ0v) is 26.9. The molecule has 0 radical (unpaired) electrons. The molecule has 0 spiro atoms. The Morgan fingerprint density at radius 3 is 2.27 bits per heavy atom. The van der Waals surface area contributed by atoms with Crippen molar-refractivity contribution in [3.05, 3.63) is 59.5 Å². The number of likely N-dealkylation sites (tertiary alicyclic amines) is 1. The Balaban J connectivity index is 1.15. The Morgan fingerprint density at radius 2 is 1.61 bits per heavy atom. The quantitative estimate of drug-likeness (QED) is 0.316. The topological polar surface area (TPSA) is 76.7 Å². The highest BCUT2D eigenvalue weighted by Crippen LogP contribution is 2.55. The number of rotatable bonds is 4. The van der Waals surface area contributed by atoms with E-state index in [1.807, 2.05) is 20.8 Å². The predicted molar refractivity (Wildman–Crippen MR) is 170 cm³/mol. The number of nitrogens with zero attached hydrogens (tertiary/aromatic N) is 2. The van der Waals surface area contributed by atoms with Crippen LogP contribution in [0.5, 0.6) is 0 Å². The van der Waals surface area contributed by atoms with Crippen LogP contribution >= 0.6 is 0 Å². The Morgan fingerprint density at radius 1 is 0.977 bits per heavy atom.